The predicted molar refractivity (Wildman–Crippen MR) is 408 cm³/mol. The highest BCUT2D eigenvalue weighted by Gasteiger charge is 2.74. The van der Waals surface area contributed by atoms with Gasteiger partial charge in [-0.05, 0) is 143 Å². The van der Waals surface area contributed by atoms with Crippen LogP contribution >= 0.6 is 0 Å². The van der Waals surface area contributed by atoms with E-state index in [4.69, 9.17) is 80.5 Å². The topological polar surface area (TPSA) is 627 Å². The first kappa shape index (κ1) is 96.4. The molecule has 1 aromatic carbocycles. The Kier molecular flexibility index (Phi) is 29.0. The van der Waals surface area contributed by atoms with Crippen molar-refractivity contribution in [3.05, 3.63) is 35.4 Å². The molecule has 41 nitrogen and oxygen atoms in total. The SMILES string of the molecule is COc1cc(C=CC(=O)O[C@@H]2[C@H](O)[C@@H](O[C@@H]3O[C@@H](C)[C@H](O[C@@H]4OC[C@@H](O[C@@H]5O[C@H](CO)[C@H](O)[C@H](O)[C@H]5O)[C@H](O)[C@H]4O)[C@@H](O[C@@H]4OC[C@](O)(COC(=O)C[C@@](C)(O)CC(=O)O)[C@H]4O)[C@H]3O)[C@H](OC(=O)[C@]34CCC(C)(C)C[C@H]3C3=CC[C@@H]5[C@@]6(C)C[C@H](O)[C@H](O[C@@H]7O[C@H](CO)[C@@H](O)[C@H](O)[C@H]7O)[C@@](C)(C(=O)O)[C@@H]6CC[C@@]5(C)[C@]3(CO)CC4)O[C@@H]2C)cc(OC)c1OC. The number of rotatable bonds is 28. The number of esters is 3. The Hall–Kier alpha value is -5.67. The molecule has 6 saturated heterocycles. The molecule has 6 aliphatic heterocycles. The summed E-state index contributed by atoms with van der Waals surface area (Å²) >= 11 is 0. The molecule has 0 bridgehead atoms. The van der Waals surface area contributed by atoms with E-state index >= 15 is 4.79 Å². The van der Waals surface area contributed by atoms with Crippen LogP contribution in [-0.4, -0.2) is 371 Å². The van der Waals surface area contributed by atoms with Gasteiger partial charge >= 0.3 is 29.8 Å². The molecule has 6 heterocycles. The number of aliphatic carboxylic acids is 2. The van der Waals surface area contributed by atoms with Crippen molar-refractivity contribution in [3.8, 4) is 17.2 Å². The highest BCUT2D eigenvalue weighted by molar-refractivity contribution is 5.87. The Morgan fingerprint density at radius 2 is 1.16 bits per heavy atom. The van der Waals surface area contributed by atoms with E-state index in [0.29, 0.717) is 24.8 Å². The third-order valence-corrected chi connectivity index (χ3v) is 28.5. The van der Waals surface area contributed by atoms with Gasteiger partial charge < -0.3 is 178 Å². The average Bonchev–Trinajstić information content (AvgIpc) is 0.882. The van der Waals surface area contributed by atoms with Crippen LogP contribution < -0.4 is 14.2 Å². The largest absolute Gasteiger partial charge is 0.493 e. The fourth-order valence-electron chi connectivity index (χ4n) is 21.7. The van der Waals surface area contributed by atoms with Gasteiger partial charge in [0.15, 0.2) is 60.8 Å². The van der Waals surface area contributed by atoms with Crippen LogP contribution in [0.4, 0.5) is 0 Å². The minimum absolute atomic E-state index is 0.0520. The Bertz CT molecular complexity index is 3930. The summed E-state index contributed by atoms with van der Waals surface area (Å²) in [4.78, 5) is 69.1. The number of aliphatic hydroxyl groups is 17. The Morgan fingerprint density at radius 1 is 0.585 bits per heavy atom. The second kappa shape index (κ2) is 37.1. The molecular formula is C82H122O41. The van der Waals surface area contributed by atoms with Gasteiger partial charge in [-0.2, -0.15) is 0 Å². The highest BCUT2D eigenvalue weighted by atomic mass is 16.8. The molecule has 0 amide bonds. The van der Waals surface area contributed by atoms with Gasteiger partial charge in [-0.15, -0.1) is 0 Å². The number of benzene rings is 1. The average molecular weight is 1760 g/mol. The predicted octanol–water partition coefficient (Wildman–Crippen LogP) is -3.59. The van der Waals surface area contributed by atoms with E-state index in [-0.39, 0.29) is 55.8 Å². The van der Waals surface area contributed by atoms with E-state index in [0.717, 1.165) is 18.6 Å². The summed E-state index contributed by atoms with van der Waals surface area (Å²) in [6, 6.07) is 3.06. The molecule has 12 rings (SSSR count). The molecule has 123 heavy (non-hydrogen) atoms. The first-order valence-corrected chi connectivity index (χ1v) is 41.5. The summed E-state index contributed by atoms with van der Waals surface area (Å²) in [6.07, 6.45) is -47.6. The number of carboxylic acids is 2. The molecule has 0 spiro atoms. The van der Waals surface area contributed by atoms with E-state index in [1.165, 1.54) is 60.3 Å². The van der Waals surface area contributed by atoms with E-state index in [9.17, 15) is 116 Å². The van der Waals surface area contributed by atoms with Crippen LogP contribution in [0.2, 0.25) is 0 Å². The molecular weight excluding hydrogens is 1640 g/mol. The quantitative estimate of drug-likeness (QED) is 0.0127. The van der Waals surface area contributed by atoms with Crippen LogP contribution in [0.3, 0.4) is 0 Å². The van der Waals surface area contributed by atoms with Crippen molar-refractivity contribution in [3.63, 3.8) is 0 Å². The maximum Gasteiger partial charge on any atom is 0.331 e. The lowest BCUT2D eigenvalue weighted by molar-refractivity contribution is -0.388. The number of carbonyl (C=O) groups is 5. The second-order valence-electron chi connectivity index (χ2n) is 36.9. The van der Waals surface area contributed by atoms with Crippen molar-refractivity contribution in [2.24, 2.45) is 50.2 Å². The van der Waals surface area contributed by atoms with Crippen molar-refractivity contribution in [1.82, 2.24) is 0 Å². The van der Waals surface area contributed by atoms with E-state index < -0.39 is 316 Å². The molecule has 38 atom stereocenters. The number of carbonyl (C=O) groups excluding carboxylic acids is 3. The molecule has 0 aromatic heterocycles. The van der Waals surface area contributed by atoms with E-state index in [1.54, 1.807) is 0 Å². The number of hydrogen-bond donors (Lipinski definition) is 19. The number of aliphatic hydroxyl groups excluding tert-OH is 15. The van der Waals surface area contributed by atoms with Crippen molar-refractivity contribution in [2.75, 3.05) is 61.0 Å². The maximum absolute atomic E-state index is 16.3. The van der Waals surface area contributed by atoms with E-state index in [1.807, 2.05) is 26.8 Å². The summed E-state index contributed by atoms with van der Waals surface area (Å²) in [5.74, 6) is -7.19. The van der Waals surface area contributed by atoms with Crippen molar-refractivity contribution in [1.29, 1.82) is 0 Å². The van der Waals surface area contributed by atoms with Crippen LogP contribution in [0, 0.1) is 50.2 Å². The zero-order valence-electron chi connectivity index (χ0n) is 70.3. The lowest BCUT2D eigenvalue weighted by Gasteiger charge is -2.71. The molecule has 10 fully saturated rings. The minimum atomic E-state index is -2.56. The fourth-order valence-corrected chi connectivity index (χ4v) is 21.7. The van der Waals surface area contributed by atoms with Gasteiger partial charge in [-0.25, -0.2) is 4.79 Å². The van der Waals surface area contributed by atoms with Gasteiger partial charge in [-0.1, -0.05) is 39.3 Å². The van der Waals surface area contributed by atoms with Crippen LogP contribution in [0.1, 0.15) is 132 Å². The van der Waals surface area contributed by atoms with Crippen LogP contribution in [-0.2, 0) is 90.3 Å². The van der Waals surface area contributed by atoms with E-state index in [2.05, 4.69) is 6.92 Å². The third-order valence-electron chi connectivity index (χ3n) is 28.5. The summed E-state index contributed by atoms with van der Waals surface area (Å²) in [5, 5.41) is 213. The minimum Gasteiger partial charge on any atom is -0.493 e. The summed E-state index contributed by atoms with van der Waals surface area (Å²) in [7, 11) is 4.16. The number of allylic oxidation sites excluding steroid dienone is 1. The number of carboxylic acid groups (broad SMARTS) is 2. The zero-order chi connectivity index (χ0) is 90.2. The standard InChI is InChI=1S/C82H122O41/c1-34-60(118-48(89)15-12-36-22-40(107-9)62(109-11)41(23-36)108-10)58(99)64(121-70-59(100)63(120-72-65(101)82(106,33-112-72)32-111-49(90)27-76(5,105)26-47(87)88)61(35(2)113-70)119-67-55(96)52(93)44(30-110-67)117-68-56(97)53(94)50(91)42(28-83)115-68)71(114-34)123-74(104)80-19-18-75(3,4)24-38(80)37-13-14-45-77(6)25-39(86)66(122-69-57(98)54(95)51(92)43(29-84)116-69)79(8,73(102)103)46(77)16-17-78(45,7)81(37,31-85)21-20-80/h12-13,15,22-23,34-35,38-39,42-46,50-61,63-72,83-86,91-101,105-106H,14,16-21,24-33H2,1-11H3,(H,87,88)(H,102,103)/t34-,35+,38+,39+,42-,43-,44-,45-,46-,50+,51-,52+,53+,54+,55-,56-,57-,58+,59-,60+,61+,63+,64-,65+,66+,67+,68+,69+,70+,71+,72+,76+,77-,78-,79+,80+,81+,82-/m1/s1. The van der Waals surface area contributed by atoms with Crippen molar-refractivity contribution < 1.29 is 202 Å². The molecule has 11 aliphatic rings. The van der Waals surface area contributed by atoms with Crippen LogP contribution in [0.25, 0.3) is 6.08 Å². The zero-order valence-corrected chi connectivity index (χ0v) is 70.3. The molecule has 1 aromatic rings. The highest BCUT2D eigenvalue weighted by Crippen LogP contribution is 2.76. The van der Waals surface area contributed by atoms with Gasteiger partial charge in [0.25, 0.3) is 0 Å². The van der Waals surface area contributed by atoms with Gasteiger partial charge in [0.05, 0.1) is 102 Å². The maximum atomic E-state index is 16.3. The number of hydrogen-bond acceptors (Lipinski definition) is 39. The fraction of sp³-hybridized carbons (Fsp3) is 0.817. The molecule has 5 aliphatic carbocycles. The molecule has 696 valence electrons. The number of methoxy groups -OCH3 is 3. The molecule has 0 radical (unpaired) electrons. The van der Waals surface area contributed by atoms with Crippen LogP contribution in [0.15, 0.2) is 29.9 Å². The molecule has 19 N–H and O–H groups in total. The van der Waals surface area contributed by atoms with Gasteiger partial charge in [0, 0.05) is 11.5 Å². The Labute approximate surface area is 708 Å². The van der Waals surface area contributed by atoms with Gasteiger partial charge in [-0.3, -0.25) is 19.2 Å². The lowest BCUT2D eigenvalue weighted by Crippen LogP contribution is -2.71. The second-order valence-corrected chi connectivity index (χ2v) is 36.9. The number of fused-ring (bicyclic) bond motifs is 7. The smallest absolute Gasteiger partial charge is 0.331 e. The first-order valence-electron chi connectivity index (χ1n) is 41.5. The Morgan fingerprint density at radius 3 is 1.76 bits per heavy atom. The summed E-state index contributed by atoms with van der Waals surface area (Å²) in [5.41, 5.74) is -10.5. The number of ether oxygens (including phenoxy) is 17. The van der Waals surface area contributed by atoms with Crippen molar-refractivity contribution in [2.45, 2.75) is 309 Å². The van der Waals surface area contributed by atoms with Gasteiger partial charge in [0.1, 0.15) is 110 Å². The summed E-state index contributed by atoms with van der Waals surface area (Å²) < 4.78 is 101. The first-order chi connectivity index (χ1) is 57.7. The van der Waals surface area contributed by atoms with Crippen LogP contribution in [0.5, 0.6) is 17.2 Å². The monoisotopic (exact) mass is 1760 g/mol. The summed E-state index contributed by atoms with van der Waals surface area (Å²) in [6.45, 7) is 8.55. The van der Waals surface area contributed by atoms with Crippen molar-refractivity contribution >= 4 is 35.9 Å². The molecule has 4 saturated carbocycles. The molecule has 0 unspecified atom stereocenters. The normalized spacial score (nSPS) is 45.9. The lowest BCUT2D eigenvalue weighted by atomic mass is 9.33. The third kappa shape index (κ3) is 17.9. The Balaban J connectivity index is 0.859. The van der Waals surface area contributed by atoms with Gasteiger partial charge in [0.2, 0.25) is 12.0 Å². The molecule has 41 heteroatoms.